The molecule has 10 heteroatoms. The lowest BCUT2D eigenvalue weighted by Gasteiger charge is -2.10. The van der Waals surface area contributed by atoms with Gasteiger partial charge in [-0.1, -0.05) is 0 Å². The number of benzene rings is 1. The van der Waals surface area contributed by atoms with E-state index in [1.54, 1.807) is 18.2 Å². The zero-order valence-electron chi connectivity index (χ0n) is 12.6. The molecule has 7 nitrogen and oxygen atoms in total. The monoisotopic (exact) mass is 339 g/mol. The van der Waals surface area contributed by atoms with Crippen LogP contribution in [0.15, 0.2) is 30.3 Å². The first-order valence-electron chi connectivity index (χ1n) is 6.70. The van der Waals surface area contributed by atoms with Crippen LogP contribution in [0.5, 0.6) is 11.5 Å². The molecule has 3 aromatic rings. The topological polar surface area (TPSA) is 73.6 Å². The van der Waals surface area contributed by atoms with E-state index in [0.717, 1.165) is 0 Å². The fourth-order valence-corrected chi connectivity index (χ4v) is 2.06. The first-order valence-corrected chi connectivity index (χ1v) is 6.70. The number of alkyl halides is 3. The maximum absolute atomic E-state index is 12.9. The average molecular weight is 339 g/mol. The van der Waals surface area contributed by atoms with Crippen LogP contribution in [0, 0.1) is 0 Å². The number of halogens is 3. The molecule has 0 fully saturated rings. The summed E-state index contributed by atoms with van der Waals surface area (Å²) in [6.07, 6.45) is -4.65. The summed E-state index contributed by atoms with van der Waals surface area (Å²) in [5.74, 6) is 0.0453. The van der Waals surface area contributed by atoms with Crippen molar-refractivity contribution in [3.05, 3.63) is 36.2 Å². The van der Waals surface area contributed by atoms with E-state index in [-0.39, 0.29) is 11.5 Å². The molecule has 0 radical (unpaired) electrons. The maximum Gasteiger partial charge on any atom is 0.453 e. The summed E-state index contributed by atoms with van der Waals surface area (Å²) in [6, 6.07) is 7.87. The third kappa shape index (κ3) is 3.03. The second kappa shape index (κ2) is 5.87. The highest BCUT2D eigenvalue weighted by Gasteiger charge is 2.37. The van der Waals surface area contributed by atoms with Crippen molar-refractivity contribution < 1.29 is 22.6 Å². The minimum absolute atomic E-state index is 0.00361. The van der Waals surface area contributed by atoms with E-state index in [4.69, 9.17) is 9.47 Å². The van der Waals surface area contributed by atoms with Gasteiger partial charge in [-0.3, -0.25) is 0 Å². The lowest BCUT2D eigenvalue weighted by molar-refractivity contribution is -0.146. The van der Waals surface area contributed by atoms with E-state index in [1.165, 1.54) is 26.4 Å². The molecular formula is C14H12F3N5O2. The van der Waals surface area contributed by atoms with Crippen molar-refractivity contribution >= 4 is 17.2 Å². The van der Waals surface area contributed by atoms with Crippen molar-refractivity contribution in [2.45, 2.75) is 6.18 Å². The van der Waals surface area contributed by atoms with Crippen molar-refractivity contribution in [1.29, 1.82) is 0 Å². The SMILES string of the molecule is COc1cc(Nc2ccc3nnc(C(F)(F)F)n3n2)cc(OC)c1. The quantitative estimate of drug-likeness (QED) is 0.788. The lowest BCUT2D eigenvalue weighted by atomic mass is 10.2. The minimum atomic E-state index is -4.65. The molecule has 0 saturated heterocycles. The summed E-state index contributed by atoms with van der Waals surface area (Å²) in [7, 11) is 2.99. The highest BCUT2D eigenvalue weighted by atomic mass is 19.4. The first kappa shape index (κ1) is 15.8. The fraction of sp³-hybridized carbons (Fsp3) is 0.214. The van der Waals surface area contributed by atoms with Crippen LogP contribution in [0.2, 0.25) is 0 Å². The molecule has 3 rings (SSSR count). The number of ether oxygens (including phenoxy) is 2. The van der Waals surface area contributed by atoms with Crippen molar-refractivity contribution in [2.75, 3.05) is 19.5 Å². The van der Waals surface area contributed by atoms with Gasteiger partial charge in [0.15, 0.2) is 11.5 Å². The van der Waals surface area contributed by atoms with Crippen LogP contribution in [-0.2, 0) is 6.18 Å². The normalized spacial score (nSPS) is 11.5. The van der Waals surface area contributed by atoms with Gasteiger partial charge in [-0.15, -0.1) is 15.3 Å². The highest BCUT2D eigenvalue weighted by molar-refractivity contribution is 5.61. The van der Waals surface area contributed by atoms with Crippen LogP contribution in [-0.4, -0.2) is 34.0 Å². The van der Waals surface area contributed by atoms with E-state index >= 15 is 0 Å². The second-order valence-electron chi connectivity index (χ2n) is 4.74. The Morgan fingerprint density at radius 1 is 1.00 bits per heavy atom. The van der Waals surface area contributed by atoms with Crippen LogP contribution in [0.1, 0.15) is 5.82 Å². The highest BCUT2D eigenvalue weighted by Crippen LogP contribution is 2.29. The second-order valence-corrected chi connectivity index (χ2v) is 4.74. The number of rotatable bonds is 4. The Balaban J connectivity index is 1.98. The number of fused-ring (bicyclic) bond motifs is 1. The Bertz CT molecular complexity index is 856. The van der Waals surface area contributed by atoms with Crippen LogP contribution < -0.4 is 14.8 Å². The Kier molecular flexibility index (Phi) is 3.87. The van der Waals surface area contributed by atoms with E-state index in [2.05, 4.69) is 20.6 Å². The van der Waals surface area contributed by atoms with Gasteiger partial charge in [0.05, 0.1) is 14.2 Å². The third-order valence-electron chi connectivity index (χ3n) is 3.14. The van der Waals surface area contributed by atoms with Crippen molar-refractivity contribution in [1.82, 2.24) is 19.8 Å². The Hall–Kier alpha value is -3.04. The van der Waals surface area contributed by atoms with Gasteiger partial charge in [0.2, 0.25) is 0 Å². The molecule has 1 aromatic carbocycles. The molecule has 0 aliphatic rings. The van der Waals surface area contributed by atoms with Crippen molar-refractivity contribution in [3.8, 4) is 11.5 Å². The molecule has 126 valence electrons. The van der Waals surface area contributed by atoms with Crippen molar-refractivity contribution in [3.63, 3.8) is 0 Å². The Morgan fingerprint density at radius 2 is 1.67 bits per heavy atom. The third-order valence-corrected chi connectivity index (χ3v) is 3.14. The minimum Gasteiger partial charge on any atom is -0.497 e. The van der Waals surface area contributed by atoms with Gasteiger partial charge in [0, 0.05) is 23.9 Å². The van der Waals surface area contributed by atoms with E-state index in [9.17, 15) is 13.2 Å². The standard InChI is InChI=1S/C14H12F3N5O2/c1-23-9-5-8(6-10(7-9)24-2)18-11-3-4-12-19-20-13(14(15,16)17)22(12)21-11/h3-7H,1-2H3,(H,18,21). The number of nitrogens with zero attached hydrogens (tertiary/aromatic N) is 4. The van der Waals surface area contributed by atoms with E-state index in [0.29, 0.717) is 21.7 Å². The molecule has 0 saturated carbocycles. The van der Waals surface area contributed by atoms with Gasteiger partial charge in [0.1, 0.15) is 11.5 Å². The molecule has 0 atom stereocenters. The first-order chi connectivity index (χ1) is 11.4. The number of hydrogen-bond donors (Lipinski definition) is 1. The number of hydrogen-bond acceptors (Lipinski definition) is 6. The lowest BCUT2D eigenvalue weighted by Crippen LogP contribution is -2.13. The number of nitrogens with one attached hydrogen (secondary N) is 1. The van der Waals surface area contributed by atoms with Gasteiger partial charge >= 0.3 is 6.18 Å². The maximum atomic E-state index is 12.9. The Labute approximate surface area is 134 Å². The predicted octanol–water partition coefficient (Wildman–Crippen LogP) is 2.90. The summed E-state index contributed by atoms with van der Waals surface area (Å²) in [5.41, 5.74) is 0.538. The van der Waals surface area contributed by atoms with E-state index in [1.807, 2.05) is 0 Å². The zero-order chi connectivity index (χ0) is 17.3. The molecule has 0 bridgehead atoms. The van der Waals surface area contributed by atoms with Gasteiger partial charge in [-0.2, -0.15) is 17.7 Å². The van der Waals surface area contributed by atoms with Gasteiger partial charge in [-0.25, -0.2) is 0 Å². The molecule has 2 heterocycles. The predicted molar refractivity (Wildman–Crippen MR) is 78.6 cm³/mol. The smallest absolute Gasteiger partial charge is 0.453 e. The van der Waals surface area contributed by atoms with Crippen LogP contribution >= 0.6 is 0 Å². The molecule has 2 aromatic heterocycles. The molecule has 0 unspecified atom stereocenters. The summed E-state index contributed by atoms with van der Waals surface area (Å²) >= 11 is 0. The van der Waals surface area contributed by atoms with Crippen molar-refractivity contribution in [2.24, 2.45) is 0 Å². The van der Waals surface area contributed by atoms with E-state index < -0.39 is 12.0 Å². The molecule has 0 aliphatic carbocycles. The van der Waals surface area contributed by atoms with Gasteiger partial charge in [-0.05, 0) is 12.1 Å². The van der Waals surface area contributed by atoms with Gasteiger partial charge in [0.25, 0.3) is 5.82 Å². The number of anilines is 2. The van der Waals surface area contributed by atoms with Crippen LogP contribution in [0.4, 0.5) is 24.7 Å². The molecule has 0 spiro atoms. The summed E-state index contributed by atoms with van der Waals surface area (Å²) in [5, 5.41) is 13.4. The Morgan fingerprint density at radius 3 is 2.25 bits per heavy atom. The molecular weight excluding hydrogens is 327 g/mol. The summed E-state index contributed by atoms with van der Waals surface area (Å²) < 4.78 is 49.6. The molecule has 0 aliphatic heterocycles. The largest absolute Gasteiger partial charge is 0.497 e. The molecule has 0 amide bonds. The summed E-state index contributed by atoms with van der Waals surface area (Å²) in [6.45, 7) is 0. The average Bonchev–Trinajstić information content (AvgIpc) is 2.97. The zero-order valence-corrected chi connectivity index (χ0v) is 12.6. The van der Waals surface area contributed by atoms with Crippen LogP contribution in [0.25, 0.3) is 5.65 Å². The fourth-order valence-electron chi connectivity index (χ4n) is 2.06. The molecule has 24 heavy (non-hydrogen) atoms. The number of aromatic nitrogens is 4. The summed E-state index contributed by atoms with van der Waals surface area (Å²) in [4.78, 5) is 0. The van der Waals surface area contributed by atoms with Crippen LogP contribution in [0.3, 0.4) is 0 Å². The number of methoxy groups -OCH3 is 2. The molecule has 1 N–H and O–H groups in total. The van der Waals surface area contributed by atoms with Gasteiger partial charge < -0.3 is 14.8 Å².